The van der Waals surface area contributed by atoms with Gasteiger partial charge in [0.15, 0.2) is 0 Å². The van der Waals surface area contributed by atoms with Gasteiger partial charge in [-0.3, -0.25) is 4.98 Å². The van der Waals surface area contributed by atoms with Crippen molar-refractivity contribution < 1.29 is 5.11 Å². The molecule has 0 fully saturated rings. The summed E-state index contributed by atoms with van der Waals surface area (Å²) in [6.07, 6.45) is 1.13. The molecule has 0 saturated carbocycles. The van der Waals surface area contributed by atoms with E-state index in [1.165, 1.54) is 0 Å². The van der Waals surface area contributed by atoms with Crippen LogP contribution in [0.3, 0.4) is 0 Å². The van der Waals surface area contributed by atoms with Crippen LogP contribution in [0.1, 0.15) is 18.3 Å². The zero-order valence-corrected chi connectivity index (χ0v) is 9.36. The first-order valence-electron chi connectivity index (χ1n) is 4.98. The Morgan fingerprint density at radius 2 is 2.13 bits per heavy atom. The smallest absolute Gasteiger partial charge is 0.144 e. The molecule has 0 spiro atoms. The molecule has 1 heterocycles. The average molecular weight is 210 g/mol. The number of aryl methyl sites for hydroxylation is 2. The number of aliphatic hydroxyl groups excluding tert-OH is 1. The lowest BCUT2D eigenvalue weighted by molar-refractivity contribution is 0.168. The minimum Gasteiger partial charge on any atom is -0.392 e. The predicted molar refractivity (Wildman–Crippen MR) is 59.7 cm³/mol. The molecule has 1 aromatic heterocycles. The Bertz CT molecular complexity index is 327. The highest BCUT2D eigenvalue weighted by Crippen LogP contribution is 2.05. The van der Waals surface area contributed by atoms with Gasteiger partial charge in [0.1, 0.15) is 5.82 Å². The third-order valence-electron chi connectivity index (χ3n) is 2.33. The maximum absolute atomic E-state index is 9.20. The minimum atomic E-state index is -0.531. The fraction of sp³-hybridized carbons (Fsp3) is 0.600. The molecule has 0 aliphatic carbocycles. The lowest BCUT2D eigenvalue weighted by Crippen LogP contribution is -2.38. The van der Waals surface area contributed by atoms with E-state index >= 15 is 0 Å². The molecule has 15 heavy (non-hydrogen) atoms. The first kappa shape index (κ1) is 11.9. The summed E-state index contributed by atoms with van der Waals surface area (Å²) in [4.78, 5) is 8.47. The van der Waals surface area contributed by atoms with E-state index in [1.54, 1.807) is 13.1 Å². The Morgan fingerprint density at radius 1 is 1.47 bits per heavy atom. The Morgan fingerprint density at radius 3 is 2.67 bits per heavy atom. The number of nitrogens with one attached hydrogen (secondary N) is 1. The van der Waals surface area contributed by atoms with Crippen molar-refractivity contribution in [2.45, 2.75) is 32.9 Å². The molecule has 0 radical (unpaired) electrons. The molecular weight excluding hydrogens is 192 g/mol. The fourth-order valence-electron chi connectivity index (χ4n) is 1.02. The Labute approximate surface area is 89.7 Å². The van der Waals surface area contributed by atoms with E-state index in [0.717, 1.165) is 11.4 Å². The van der Waals surface area contributed by atoms with Gasteiger partial charge in [0, 0.05) is 12.6 Å². The van der Waals surface area contributed by atoms with E-state index in [0.29, 0.717) is 12.4 Å². The molecule has 0 aliphatic heterocycles. The number of aromatic nitrogens is 2. The largest absolute Gasteiger partial charge is 0.392 e. The number of nitrogens with two attached hydrogens (primary N) is 1. The van der Waals surface area contributed by atoms with Crippen molar-refractivity contribution >= 4 is 5.82 Å². The van der Waals surface area contributed by atoms with Crippen LogP contribution in [-0.4, -0.2) is 33.8 Å². The zero-order chi connectivity index (χ0) is 11.4. The van der Waals surface area contributed by atoms with Crippen LogP contribution in [0.15, 0.2) is 6.20 Å². The van der Waals surface area contributed by atoms with Crippen LogP contribution in [0.2, 0.25) is 0 Å². The molecule has 0 aliphatic rings. The monoisotopic (exact) mass is 210 g/mol. The normalized spacial score (nSPS) is 14.7. The van der Waals surface area contributed by atoms with Crippen LogP contribution in [0.25, 0.3) is 0 Å². The van der Waals surface area contributed by atoms with Crippen molar-refractivity contribution in [2.24, 2.45) is 5.73 Å². The first-order valence-corrected chi connectivity index (χ1v) is 4.98. The van der Waals surface area contributed by atoms with Gasteiger partial charge in [-0.05, 0) is 20.8 Å². The minimum absolute atomic E-state index is 0.298. The topological polar surface area (TPSA) is 84.1 Å². The van der Waals surface area contributed by atoms with Crippen molar-refractivity contribution in [3.63, 3.8) is 0 Å². The summed E-state index contributed by atoms with van der Waals surface area (Å²) < 4.78 is 0. The number of anilines is 1. The summed E-state index contributed by atoms with van der Waals surface area (Å²) in [5.74, 6) is 0.689. The van der Waals surface area contributed by atoms with Crippen molar-refractivity contribution in [3.05, 3.63) is 17.6 Å². The molecule has 5 nitrogen and oxygen atoms in total. The number of nitrogens with zero attached hydrogens (tertiary/aromatic N) is 2. The van der Waals surface area contributed by atoms with Crippen LogP contribution in [0.4, 0.5) is 5.82 Å². The van der Waals surface area contributed by atoms with Crippen LogP contribution in [0, 0.1) is 13.8 Å². The Balaban J connectivity index is 2.55. The molecule has 1 rings (SSSR count). The zero-order valence-electron chi connectivity index (χ0n) is 9.36. The summed E-state index contributed by atoms with van der Waals surface area (Å²) in [6.45, 7) is 5.96. The van der Waals surface area contributed by atoms with E-state index in [2.05, 4.69) is 15.3 Å². The van der Waals surface area contributed by atoms with Gasteiger partial charge in [-0.15, -0.1) is 0 Å². The van der Waals surface area contributed by atoms with E-state index in [9.17, 15) is 5.11 Å². The number of aliphatic hydroxyl groups is 1. The first-order chi connectivity index (χ1) is 7.00. The highest BCUT2D eigenvalue weighted by atomic mass is 16.3. The number of rotatable bonds is 4. The van der Waals surface area contributed by atoms with Gasteiger partial charge >= 0.3 is 0 Å². The van der Waals surface area contributed by atoms with Gasteiger partial charge in [0.05, 0.1) is 23.7 Å². The van der Waals surface area contributed by atoms with Gasteiger partial charge in [0.2, 0.25) is 0 Å². The van der Waals surface area contributed by atoms with Gasteiger partial charge in [0.25, 0.3) is 0 Å². The van der Waals surface area contributed by atoms with Crippen molar-refractivity contribution in [2.75, 3.05) is 11.9 Å². The van der Waals surface area contributed by atoms with E-state index in [-0.39, 0.29) is 6.04 Å². The maximum Gasteiger partial charge on any atom is 0.144 e. The fourth-order valence-corrected chi connectivity index (χ4v) is 1.02. The molecule has 0 bridgehead atoms. The van der Waals surface area contributed by atoms with E-state index < -0.39 is 6.10 Å². The lowest BCUT2D eigenvalue weighted by Gasteiger charge is -2.15. The van der Waals surface area contributed by atoms with Crippen LogP contribution < -0.4 is 11.1 Å². The summed E-state index contributed by atoms with van der Waals surface area (Å²) in [7, 11) is 0. The molecule has 4 N–H and O–H groups in total. The van der Waals surface area contributed by atoms with Crippen LogP contribution in [-0.2, 0) is 0 Å². The average Bonchev–Trinajstić information content (AvgIpc) is 2.19. The quantitative estimate of drug-likeness (QED) is 0.661. The molecule has 2 atom stereocenters. The second-order valence-corrected chi connectivity index (χ2v) is 3.71. The van der Waals surface area contributed by atoms with Crippen LogP contribution in [0.5, 0.6) is 0 Å². The summed E-state index contributed by atoms with van der Waals surface area (Å²) in [5, 5.41) is 12.2. The van der Waals surface area contributed by atoms with Gasteiger partial charge in [-0.1, -0.05) is 0 Å². The molecule has 2 unspecified atom stereocenters. The van der Waals surface area contributed by atoms with Gasteiger partial charge in [-0.25, -0.2) is 4.98 Å². The van der Waals surface area contributed by atoms with Gasteiger partial charge in [-0.2, -0.15) is 0 Å². The molecule has 0 aromatic carbocycles. The maximum atomic E-state index is 9.20. The summed E-state index contributed by atoms with van der Waals surface area (Å²) in [5.41, 5.74) is 7.48. The van der Waals surface area contributed by atoms with Crippen LogP contribution >= 0.6 is 0 Å². The van der Waals surface area contributed by atoms with Crippen molar-refractivity contribution in [1.29, 1.82) is 0 Å². The SMILES string of the molecule is Cc1ncc(NCC(N)C(C)O)nc1C. The Kier molecular flexibility index (Phi) is 3.99. The standard InChI is InChI=1S/C10H18N4O/c1-6-7(2)14-10(5-12-6)13-4-9(11)8(3)15/h5,8-9,15H,4,11H2,1-3H3,(H,13,14). The molecule has 84 valence electrons. The van der Waals surface area contributed by atoms with E-state index in [4.69, 9.17) is 5.73 Å². The second-order valence-electron chi connectivity index (χ2n) is 3.71. The molecular formula is C10H18N4O. The third kappa shape index (κ3) is 3.45. The van der Waals surface area contributed by atoms with Crippen molar-refractivity contribution in [1.82, 2.24) is 9.97 Å². The summed E-state index contributed by atoms with van der Waals surface area (Å²) in [6, 6.07) is -0.298. The second kappa shape index (κ2) is 5.04. The van der Waals surface area contributed by atoms with Gasteiger partial charge < -0.3 is 16.2 Å². The molecule has 0 saturated heterocycles. The highest BCUT2D eigenvalue weighted by Gasteiger charge is 2.09. The number of hydrogen-bond acceptors (Lipinski definition) is 5. The highest BCUT2D eigenvalue weighted by molar-refractivity contribution is 5.33. The lowest BCUT2D eigenvalue weighted by atomic mass is 10.2. The van der Waals surface area contributed by atoms with E-state index in [1.807, 2.05) is 13.8 Å². The Hall–Kier alpha value is -1.20. The molecule has 1 aromatic rings. The molecule has 0 amide bonds. The third-order valence-corrected chi connectivity index (χ3v) is 2.33. The number of hydrogen-bond donors (Lipinski definition) is 3. The molecule has 5 heteroatoms. The van der Waals surface area contributed by atoms with Crippen molar-refractivity contribution in [3.8, 4) is 0 Å². The summed E-state index contributed by atoms with van der Waals surface area (Å²) >= 11 is 0. The predicted octanol–water partition coefficient (Wildman–Crippen LogP) is 0.213.